The molecule has 1 heteroatoms. The minimum Gasteiger partial charge on any atom is -0.303 e. The van der Waals surface area contributed by atoms with Gasteiger partial charge in [0.15, 0.2) is 0 Å². The lowest BCUT2D eigenvalue weighted by atomic mass is 9.78. The maximum atomic E-state index is 10.8. The van der Waals surface area contributed by atoms with E-state index in [0.29, 0.717) is 11.8 Å². The van der Waals surface area contributed by atoms with Crippen molar-refractivity contribution in [1.82, 2.24) is 0 Å². The van der Waals surface area contributed by atoms with Crippen LogP contribution >= 0.6 is 0 Å². The number of hydrogen-bond donors (Lipinski definition) is 0. The smallest absolute Gasteiger partial charge is 0.123 e. The SMILES string of the molecule is CC(C)(C)c1ccc(C2CCC(C=O)CC2)cc1. The summed E-state index contributed by atoms with van der Waals surface area (Å²) in [5.41, 5.74) is 3.08. The van der Waals surface area contributed by atoms with Crippen molar-refractivity contribution in [3.63, 3.8) is 0 Å². The zero-order chi connectivity index (χ0) is 13.2. The maximum absolute atomic E-state index is 10.8. The van der Waals surface area contributed by atoms with Crippen LogP contribution in [0.2, 0.25) is 0 Å². The second-order valence-corrected chi connectivity index (χ2v) is 6.62. The minimum absolute atomic E-state index is 0.230. The Balaban J connectivity index is 2.05. The summed E-state index contributed by atoms with van der Waals surface area (Å²) in [4.78, 5) is 10.8. The standard InChI is InChI=1S/C17H24O/c1-17(2,3)16-10-8-15(9-11-16)14-6-4-13(12-18)5-7-14/h8-14H,4-7H2,1-3H3. The highest BCUT2D eigenvalue weighted by atomic mass is 16.1. The van der Waals surface area contributed by atoms with Gasteiger partial charge in [-0.05, 0) is 48.1 Å². The lowest BCUT2D eigenvalue weighted by Gasteiger charge is -2.26. The quantitative estimate of drug-likeness (QED) is 0.702. The number of aldehydes is 1. The van der Waals surface area contributed by atoms with Gasteiger partial charge in [-0.3, -0.25) is 0 Å². The van der Waals surface area contributed by atoms with Gasteiger partial charge in [-0.2, -0.15) is 0 Å². The molecule has 0 saturated heterocycles. The lowest BCUT2D eigenvalue weighted by molar-refractivity contribution is -0.111. The van der Waals surface area contributed by atoms with Crippen molar-refractivity contribution in [1.29, 1.82) is 0 Å². The van der Waals surface area contributed by atoms with E-state index in [4.69, 9.17) is 0 Å². The fourth-order valence-corrected chi connectivity index (χ4v) is 2.84. The molecule has 98 valence electrons. The predicted octanol–water partition coefficient (Wildman–Crippen LogP) is 4.46. The normalized spacial score (nSPS) is 24.8. The third-order valence-electron chi connectivity index (χ3n) is 4.21. The van der Waals surface area contributed by atoms with E-state index >= 15 is 0 Å². The van der Waals surface area contributed by atoms with Crippen LogP contribution in [-0.2, 0) is 10.2 Å². The van der Waals surface area contributed by atoms with E-state index in [1.807, 2.05) is 0 Å². The Bertz CT molecular complexity index is 389. The van der Waals surface area contributed by atoms with E-state index in [1.165, 1.54) is 11.1 Å². The first-order chi connectivity index (χ1) is 8.50. The number of benzene rings is 1. The molecule has 0 spiro atoms. The molecule has 0 aromatic heterocycles. The number of carbonyl (C=O) groups excluding carboxylic acids is 1. The monoisotopic (exact) mass is 244 g/mol. The molecule has 1 aromatic rings. The van der Waals surface area contributed by atoms with Gasteiger partial charge in [0.05, 0.1) is 0 Å². The Morgan fingerprint density at radius 2 is 1.56 bits per heavy atom. The minimum atomic E-state index is 0.230. The molecule has 1 fully saturated rings. The van der Waals surface area contributed by atoms with Gasteiger partial charge in [-0.15, -0.1) is 0 Å². The third kappa shape index (κ3) is 3.01. The molecule has 1 aliphatic rings. The van der Waals surface area contributed by atoms with Crippen LogP contribution in [0.1, 0.15) is 63.5 Å². The second kappa shape index (κ2) is 5.26. The Morgan fingerprint density at radius 3 is 2.00 bits per heavy atom. The van der Waals surface area contributed by atoms with E-state index in [9.17, 15) is 4.79 Å². The van der Waals surface area contributed by atoms with Gasteiger partial charge >= 0.3 is 0 Å². The van der Waals surface area contributed by atoms with Crippen LogP contribution in [0.15, 0.2) is 24.3 Å². The average molecular weight is 244 g/mol. The van der Waals surface area contributed by atoms with Crippen molar-refractivity contribution in [3.05, 3.63) is 35.4 Å². The van der Waals surface area contributed by atoms with E-state index in [1.54, 1.807) is 0 Å². The van der Waals surface area contributed by atoms with Crippen LogP contribution < -0.4 is 0 Å². The first kappa shape index (κ1) is 13.3. The molecule has 0 radical (unpaired) electrons. The molecule has 2 rings (SSSR count). The predicted molar refractivity (Wildman–Crippen MR) is 75.9 cm³/mol. The molecule has 0 atom stereocenters. The fraction of sp³-hybridized carbons (Fsp3) is 0.588. The number of hydrogen-bond acceptors (Lipinski definition) is 1. The molecular weight excluding hydrogens is 220 g/mol. The van der Waals surface area contributed by atoms with E-state index in [-0.39, 0.29) is 5.41 Å². The Morgan fingerprint density at radius 1 is 1.00 bits per heavy atom. The first-order valence-corrected chi connectivity index (χ1v) is 7.06. The molecule has 0 aliphatic heterocycles. The summed E-state index contributed by atoms with van der Waals surface area (Å²) in [5.74, 6) is 0.977. The summed E-state index contributed by atoms with van der Waals surface area (Å²) in [7, 11) is 0. The largest absolute Gasteiger partial charge is 0.303 e. The van der Waals surface area contributed by atoms with Crippen LogP contribution in [0.3, 0.4) is 0 Å². The number of rotatable bonds is 2. The highest BCUT2D eigenvalue weighted by molar-refractivity contribution is 5.53. The Labute approximate surface area is 111 Å². The third-order valence-corrected chi connectivity index (χ3v) is 4.21. The molecule has 0 heterocycles. The van der Waals surface area contributed by atoms with Crippen molar-refractivity contribution in [3.8, 4) is 0 Å². The Kier molecular flexibility index (Phi) is 3.89. The molecule has 18 heavy (non-hydrogen) atoms. The molecule has 1 nitrogen and oxygen atoms in total. The van der Waals surface area contributed by atoms with Crippen molar-refractivity contribution in [2.45, 2.75) is 57.8 Å². The second-order valence-electron chi connectivity index (χ2n) is 6.62. The van der Waals surface area contributed by atoms with Crippen LogP contribution in [0, 0.1) is 5.92 Å². The van der Waals surface area contributed by atoms with Gasteiger partial charge in [0.1, 0.15) is 6.29 Å². The van der Waals surface area contributed by atoms with Crippen LogP contribution in [0.5, 0.6) is 0 Å². The summed E-state index contributed by atoms with van der Waals surface area (Å²) in [6, 6.07) is 9.10. The van der Waals surface area contributed by atoms with Crippen molar-refractivity contribution in [2.75, 3.05) is 0 Å². The maximum Gasteiger partial charge on any atom is 0.123 e. The first-order valence-electron chi connectivity index (χ1n) is 7.06. The van der Waals surface area contributed by atoms with Gasteiger partial charge in [0.25, 0.3) is 0 Å². The fourth-order valence-electron chi connectivity index (χ4n) is 2.84. The van der Waals surface area contributed by atoms with E-state index in [0.717, 1.165) is 32.0 Å². The summed E-state index contributed by atoms with van der Waals surface area (Å²) in [6.45, 7) is 6.74. The van der Waals surface area contributed by atoms with Gasteiger partial charge in [0.2, 0.25) is 0 Å². The van der Waals surface area contributed by atoms with Crippen LogP contribution in [0.25, 0.3) is 0 Å². The van der Waals surface area contributed by atoms with Crippen molar-refractivity contribution in [2.24, 2.45) is 5.92 Å². The zero-order valence-corrected chi connectivity index (χ0v) is 11.8. The number of carbonyl (C=O) groups is 1. The van der Waals surface area contributed by atoms with Crippen molar-refractivity contribution < 1.29 is 4.79 Å². The summed E-state index contributed by atoms with van der Waals surface area (Å²) in [6.07, 6.45) is 5.60. The highest BCUT2D eigenvalue weighted by Crippen LogP contribution is 2.35. The topological polar surface area (TPSA) is 17.1 Å². The van der Waals surface area contributed by atoms with E-state index in [2.05, 4.69) is 45.0 Å². The van der Waals surface area contributed by atoms with E-state index < -0.39 is 0 Å². The lowest BCUT2D eigenvalue weighted by Crippen LogP contribution is -2.15. The van der Waals surface area contributed by atoms with Gasteiger partial charge < -0.3 is 4.79 Å². The van der Waals surface area contributed by atoms with Crippen molar-refractivity contribution >= 4 is 6.29 Å². The molecule has 0 bridgehead atoms. The highest BCUT2D eigenvalue weighted by Gasteiger charge is 2.22. The molecule has 0 unspecified atom stereocenters. The summed E-state index contributed by atoms with van der Waals surface area (Å²) in [5, 5.41) is 0. The molecule has 1 aromatic carbocycles. The van der Waals surface area contributed by atoms with Gasteiger partial charge in [-0.1, -0.05) is 45.0 Å². The summed E-state index contributed by atoms with van der Waals surface area (Å²) < 4.78 is 0. The van der Waals surface area contributed by atoms with Gasteiger partial charge in [-0.25, -0.2) is 0 Å². The molecule has 1 saturated carbocycles. The van der Waals surface area contributed by atoms with Crippen LogP contribution in [-0.4, -0.2) is 6.29 Å². The Hall–Kier alpha value is -1.11. The summed E-state index contributed by atoms with van der Waals surface area (Å²) >= 11 is 0. The molecular formula is C17H24O. The molecule has 0 N–H and O–H groups in total. The van der Waals surface area contributed by atoms with Crippen LogP contribution in [0.4, 0.5) is 0 Å². The zero-order valence-electron chi connectivity index (χ0n) is 11.8. The molecule has 1 aliphatic carbocycles. The van der Waals surface area contributed by atoms with Gasteiger partial charge in [0, 0.05) is 5.92 Å². The average Bonchev–Trinajstić information content (AvgIpc) is 2.38. The molecule has 0 amide bonds.